The molecule has 0 aliphatic rings. The smallest absolute Gasteiger partial charge is 0.165 e. The van der Waals surface area contributed by atoms with Crippen LogP contribution < -0.4 is 11.1 Å². The predicted molar refractivity (Wildman–Crippen MR) is 66.7 cm³/mol. The molecule has 0 atom stereocenters. The summed E-state index contributed by atoms with van der Waals surface area (Å²) >= 11 is 0. The molecule has 0 spiro atoms. The van der Waals surface area contributed by atoms with E-state index < -0.39 is 0 Å². The number of aromatic hydroxyl groups is 1. The quantitative estimate of drug-likeness (QED) is 0.735. The van der Waals surface area contributed by atoms with Gasteiger partial charge in [0.25, 0.3) is 0 Å². The van der Waals surface area contributed by atoms with Crippen molar-refractivity contribution in [2.24, 2.45) is 5.73 Å². The predicted octanol–water partition coefficient (Wildman–Crippen LogP) is 1.22. The first-order chi connectivity index (χ1) is 8.31. The number of phenols is 1. The lowest BCUT2D eigenvalue weighted by molar-refractivity contribution is 0.477. The monoisotopic (exact) mass is 230 g/mol. The molecule has 88 valence electrons. The van der Waals surface area contributed by atoms with Gasteiger partial charge in [-0.1, -0.05) is 12.1 Å². The molecular weight excluding hydrogens is 216 g/mol. The number of rotatable bonds is 4. The highest BCUT2D eigenvalue weighted by Crippen LogP contribution is 2.25. The third-order valence-corrected chi connectivity index (χ3v) is 2.25. The van der Waals surface area contributed by atoms with Gasteiger partial charge >= 0.3 is 0 Å². The Bertz CT molecular complexity index is 501. The van der Waals surface area contributed by atoms with Crippen LogP contribution in [0, 0.1) is 0 Å². The van der Waals surface area contributed by atoms with E-state index in [9.17, 15) is 5.11 Å². The van der Waals surface area contributed by atoms with Crippen LogP contribution in [-0.2, 0) is 0 Å². The van der Waals surface area contributed by atoms with E-state index in [0.717, 1.165) is 0 Å². The van der Waals surface area contributed by atoms with Crippen molar-refractivity contribution in [3.05, 3.63) is 36.5 Å². The molecule has 5 nitrogen and oxygen atoms in total. The number of hydrogen-bond donors (Lipinski definition) is 3. The van der Waals surface area contributed by atoms with Gasteiger partial charge in [0.15, 0.2) is 5.82 Å². The average Bonchev–Trinajstić information content (AvgIpc) is 2.37. The number of nitrogens with one attached hydrogen (secondary N) is 1. The van der Waals surface area contributed by atoms with Crippen molar-refractivity contribution < 1.29 is 5.11 Å². The zero-order valence-corrected chi connectivity index (χ0v) is 9.30. The summed E-state index contributed by atoms with van der Waals surface area (Å²) < 4.78 is 0. The van der Waals surface area contributed by atoms with Gasteiger partial charge in [-0.05, 0) is 18.2 Å². The molecule has 5 heteroatoms. The summed E-state index contributed by atoms with van der Waals surface area (Å²) in [6.45, 7) is 1.19. The number of phenolic OH excluding ortho intramolecular Hbond substituents is 1. The van der Waals surface area contributed by atoms with Crippen molar-refractivity contribution in [3.63, 3.8) is 0 Å². The van der Waals surface area contributed by atoms with Gasteiger partial charge in [-0.25, -0.2) is 9.97 Å². The van der Waals surface area contributed by atoms with Crippen molar-refractivity contribution in [3.8, 4) is 17.1 Å². The van der Waals surface area contributed by atoms with E-state index in [0.29, 0.717) is 30.3 Å². The van der Waals surface area contributed by atoms with E-state index >= 15 is 0 Å². The Labute approximate surface area is 99.3 Å². The fourth-order valence-corrected chi connectivity index (χ4v) is 1.45. The highest BCUT2D eigenvalue weighted by molar-refractivity contribution is 5.64. The molecule has 0 saturated carbocycles. The Morgan fingerprint density at radius 1 is 1.24 bits per heavy atom. The van der Waals surface area contributed by atoms with E-state index in [-0.39, 0.29) is 5.75 Å². The van der Waals surface area contributed by atoms with E-state index in [1.807, 2.05) is 6.07 Å². The second-order valence-corrected chi connectivity index (χ2v) is 3.50. The maximum atomic E-state index is 9.71. The number of hydrogen-bond acceptors (Lipinski definition) is 5. The van der Waals surface area contributed by atoms with Crippen LogP contribution in [0.25, 0.3) is 11.4 Å². The second kappa shape index (κ2) is 5.27. The molecule has 0 fully saturated rings. The Hall–Kier alpha value is -2.14. The lowest BCUT2D eigenvalue weighted by Gasteiger charge is -2.06. The van der Waals surface area contributed by atoms with Gasteiger partial charge in [0.05, 0.1) is 5.56 Å². The number of anilines is 1. The molecule has 2 rings (SSSR count). The zero-order chi connectivity index (χ0) is 12.1. The molecule has 0 bridgehead atoms. The van der Waals surface area contributed by atoms with Crippen molar-refractivity contribution in [2.75, 3.05) is 18.4 Å². The summed E-state index contributed by atoms with van der Waals surface area (Å²) in [5, 5.41) is 12.8. The lowest BCUT2D eigenvalue weighted by Crippen LogP contribution is -2.14. The van der Waals surface area contributed by atoms with Gasteiger partial charge in [0.1, 0.15) is 11.6 Å². The van der Waals surface area contributed by atoms with Crippen LogP contribution in [0.2, 0.25) is 0 Å². The Morgan fingerprint density at radius 2 is 2.06 bits per heavy atom. The third kappa shape index (κ3) is 2.70. The average molecular weight is 230 g/mol. The first kappa shape index (κ1) is 11.3. The number of benzene rings is 1. The Kier molecular flexibility index (Phi) is 3.52. The van der Waals surface area contributed by atoms with Gasteiger partial charge in [0, 0.05) is 19.3 Å². The van der Waals surface area contributed by atoms with Gasteiger partial charge in [-0.3, -0.25) is 0 Å². The van der Waals surface area contributed by atoms with Crippen LogP contribution in [0.15, 0.2) is 36.5 Å². The first-order valence-corrected chi connectivity index (χ1v) is 5.36. The first-order valence-electron chi connectivity index (χ1n) is 5.36. The highest BCUT2D eigenvalue weighted by Gasteiger charge is 2.06. The lowest BCUT2D eigenvalue weighted by atomic mass is 10.2. The van der Waals surface area contributed by atoms with Gasteiger partial charge in [0.2, 0.25) is 0 Å². The van der Waals surface area contributed by atoms with E-state index in [1.54, 1.807) is 30.5 Å². The standard InChI is InChI=1S/C12H14N4O/c13-6-8-14-11-5-7-15-12(16-11)9-3-1-2-4-10(9)17/h1-5,7,17H,6,8,13H2,(H,14,15,16). The van der Waals surface area contributed by atoms with Gasteiger partial charge < -0.3 is 16.2 Å². The molecule has 1 aromatic heterocycles. The molecule has 0 saturated heterocycles. The molecule has 2 aromatic rings. The van der Waals surface area contributed by atoms with Crippen molar-refractivity contribution in [1.29, 1.82) is 0 Å². The summed E-state index contributed by atoms with van der Waals surface area (Å²) in [5.41, 5.74) is 6.02. The molecule has 4 N–H and O–H groups in total. The summed E-state index contributed by atoms with van der Waals surface area (Å²) in [7, 11) is 0. The topological polar surface area (TPSA) is 84.1 Å². The number of para-hydroxylation sites is 1. The summed E-state index contributed by atoms with van der Waals surface area (Å²) in [5.74, 6) is 1.36. The van der Waals surface area contributed by atoms with Crippen LogP contribution >= 0.6 is 0 Å². The van der Waals surface area contributed by atoms with Crippen LogP contribution in [0.5, 0.6) is 5.75 Å². The highest BCUT2D eigenvalue weighted by atomic mass is 16.3. The number of nitrogens with two attached hydrogens (primary N) is 1. The zero-order valence-electron chi connectivity index (χ0n) is 9.30. The maximum absolute atomic E-state index is 9.71. The minimum atomic E-state index is 0.170. The van der Waals surface area contributed by atoms with E-state index in [1.165, 1.54) is 0 Å². The second-order valence-electron chi connectivity index (χ2n) is 3.50. The fraction of sp³-hybridized carbons (Fsp3) is 0.167. The third-order valence-electron chi connectivity index (χ3n) is 2.25. The maximum Gasteiger partial charge on any atom is 0.165 e. The van der Waals surface area contributed by atoms with Crippen LogP contribution in [-0.4, -0.2) is 28.2 Å². The molecular formula is C12H14N4O. The van der Waals surface area contributed by atoms with Gasteiger partial charge in [-0.15, -0.1) is 0 Å². The van der Waals surface area contributed by atoms with Crippen LogP contribution in [0.3, 0.4) is 0 Å². The largest absolute Gasteiger partial charge is 0.507 e. The van der Waals surface area contributed by atoms with E-state index in [2.05, 4.69) is 15.3 Å². The van der Waals surface area contributed by atoms with E-state index in [4.69, 9.17) is 5.73 Å². The van der Waals surface area contributed by atoms with Crippen LogP contribution in [0.1, 0.15) is 0 Å². The molecule has 0 amide bonds. The van der Waals surface area contributed by atoms with Crippen LogP contribution in [0.4, 0.5) is 5.82 Å². The Balaban J connectivity index is 2.30. The molecule has 1 heterocycles. The fourth-order valence-electron chi connectivity index (χ4n) is 1.45. The number of nitrogens with zero attached hydrogens (tertiary/aromatic N) is 2. The SMILES string of the molecule is NCCNc1ccnc(-c2ccccc2O)n1. The van der Waals surface area contributed by atoms with Gasteiger partial charge in [-0.2, -0.15) is 0 Å². The van der Waals surface area contributed by atoms with Crippen molar-refractivity contribution in [2.45, 2.75) is 0 Å². The minimum absolute atomic E-state index is 0.170. The summed E-state index contributed by atoms with van der Waals surface area (Å²) in [4.78, 5) is 8.44. The minimum Gasteiger partial charge on any atom is -0.507 e. The molecule has 0 radical (unpaired) electrons. The normalized spacial score (nSPS) is 10.2. The molecule has 1 aromatic carbocycles. The molecule has 0 unspecified atom stereocenters. The number of aromatic nitrogens is 2. The van der Waals surface area contributed by atoms with Crippen molar-refractivity contribution in [1.82, 2.24) is 9.97 Å². The molecule has 0 aliphatic carbocycles. The molecule has 0 aliphatic heterocycles. The summed E-state index contributed by atoms with van der Waals surface area (Å²) in [6, 6.07) is 8.74. The molecule has 17 heavy (non-hydrogen) atoms. The Morgan fingerprint density at radius 3 is 2.82 bits per heavy atom. The summed E-state index contributed by atoms with van der Waals surface area (Å²) in [6.07, 6.45) is 1.65. The van der Waals surface area contributed by atoms with Crippen molar-refractivity contribution >= 4 is 5.82 Å².